The molecule has 0 radical (unpaired) electrons. The van der Waals surface area contributed by atoms with Gasteiger partial charge in [-0.15, -0.1) is 0 Å². The van der Waals surface area contributed by atoms with Crippen molar-refractivity contribution in [3.8, 4) is 5.75 Å². The Kier molecular flexibility index (Phi) is 7.25. The minimum atomic E-state index is -1.06. The lowest BCUT2D eigenvalue weighted by Gasteiger charge is -2.19. The maximum atomic E-state index is 12.1. The summed E-state index contributed by atoms with van der Waals surface area (Å²) in [6.45, 7) is 4.93. The molecule has 126 valence electrons. The van der Waals surface area contributed by atoms with Gasteiger partial charge in [-0.25, -0.2) is 4.79 Å². The van der Waals surface area contributed by atoms with Gasteiger partial charge < -0.3 is 15.2 Å². The Morgan fingerprint density at radius 3 is 2.57 bits per heavy atom. The molecule has 6 nitrogen and oxygen atoms in total. The number of amides is 1. The maximum Gasteiger partial charge on any atom is 0.326 e. The van der Waals surface area contributed by atoms with Gasteiger partial charge in [0.25, 0.3) is 5.91 Å². The molecular weight excluding hydrogens is 298 g/mol. The van der Waals surface area contributed by atoms with E-state index < -0.39 is 24.0 Å². The first-order chi connectivity index (χ1) is 10.8. The second-order valence-corrected chi connectivity index (χ2v) is 5.39. The molecule has 2 atom stereocenters. The average Bonchev–Trinajstić information content (AvgIpc) is 2.51. The molecule has 1 aromatic rings. The molecule has 23 heavy (non-hydrogen) atoms. The van der Waals surface area contributed by atoms with E-state index in [0.717, 1.165) is 6.42 Å². The zero-order chi connectivity index (χ0) is 17.4. The Bertz CT molecular complexity index is 570. The summed E-state index contributed by atoms with van der Waals surface area (Å²) in [5, 5.41) is 11.6. The Morgan fingerprint density at radius 2 is 2.00 bits per heavy atom. The smallest absolute Gasteiger partial charge is 0.326 e. The number of hydrogen-bond acceptors (Lipinski definition) is 4. The predicted molar refractivity (Wildman–Crippen MR) is 85.6 cm³/mol. The Balaban J connectivity index is 2.67. The van der Waals surface area contributed by atoms with Crippen molar-refractivity contribution in [2.75, 3.05) is 0 Å². The molecule has 0 spiro atoms. The number of carbonyl (C=O) groups excluding carboxylic acids is 2. The fraction of sp³-hybridized carbons (Fsp3) is 0.471. The molecular formula is C17H23NO5. The summed E-state index contributed by atoms with van der Waals surface area (Å²) in [4.78, 5) is 34.6. The first kappa shape index (κ1) is 18.7. The number of carboxylic acids is 1. The summed E-state index contributed by atoms with van der Waals surface area (Å²) < 4.78 is 5.49. The molecule has 0 fully saturated rings. The zero-order valence-corrected chi connectivity index (χ0v) is 13.7. The van der Waals surface area contributed by atoms with Crippen molar-refractivity contribution in [2.45, 2.75) is 52.2 Å². The minimum Gasteiger partial charge on any atom is -0.481 e. The van der Waals surface area contributed by atoms with Crippen LogP contribution in [0.25, 0.3) is 0 Å². The van der Waals surface area contributed by atoms with Crippen molar-refractivity contribution >= 4 is 17.7 Å². The van der Waals surface area contributed by atoms with E-state index in [-0.39, 0.29) is 5.78 Å². The van der Waals surface area contributed by atoms with Crippen LogP contribution < -0.4 is 10.1 Å². The first-order valence-corrected chi connectivity index (χ1v) is 7.66. The third-order valence-corrected chi connectivity index (χ3v) is 3.38. The number of benzene rings is 1. The number of carboxylic acid groups (broad SMARTS) is 1. The third-order valence-electron chi connectivity index (χ3n) is 3.38. The van der Waals surface area contributed by atoms with Crippen LogP contribution in [0.2, 0.25) is 0 Å². The number of unbranched alkanes of at least 4 members (excludes halogenated alkanes) is 1. The number of carbonyl (C=O) groups is 3. The predicted octanol–water partition coefficient (Wildman–Crippen LogP) is 2.42. The average molecular weight is 321 g/mol. The minimum absolute atomic E-state index is 0.0990. The van der Waals surface area contributed by atoms with Crippen molar-refractivity contribution in [1.29, 1.82) is 0 Å². The summed E-state index contributed by atoms with van der Waals surface area (Å²) in [7, 11) is 0. The van der Waals surface area contributed by atoms with Gasteiger partial charge in [0.05, 0.1) is 0 Å². The van der Waals surface area contributed by atoms with Gasteiger partial charge in [0.1, 0.15) is 11.8 Å². The Labute approximate surface area is 135 Å². The SMILES string of the molecule is CCCC[C@H](NC(=O)C(C)Oc1cccc(C(C)=O)c1)C(=O)O. The number of ketones is 1. The van der Waals surface area contributed by atoms with E-state index in [1.165, 1.54) is 13.8 Å². The topological polar surface area (TPSA) is 92.7 Å². The molecule has 1 aromatic carbocycles. The Morgan fingerprint density at radius 1 is 1.30 bits per heavy atom. The standard InChI is InChI=1S/C17H23NO5/c1-4-5-9-15(17(21)22)18-16(20)12(3)23-14-8-6-7-13(10-14)11(2)19/h6-8,10,12,15H,4-5,9H2,1-3H3,(H,18,20)(H,21,22)/t12?,15-/m0/s1. The van der Waals surface area contributed by atoms with Gasteiger partial charge in [-0.05, 0) is 32.4 Å². The highest BCUT2D eigenvalue weighted by atomic mass is 16.5. The van der Waals surface area contributed by atoms with E-state index in [0.29, 0.717) is 24.2 Å². The molecule has 0 saturated carbocycles. The highest BCUT2D eigenvalue weighted by molar-refractivity contribution is 5.94. The van der Waals surface area contributed by atoms with Gasteiger partial charge in [-0.3, -0.25) is 9.59 Å². The van der Waals surface area contributed by atoms with Gasteiger partial charge >= 0.3 is 5.97 Å². The van der Waals surface area contributed by atoms with Gasteiger partial charge in [-0.2, -0.15) is 0 Å². The van der Waals surface area contributed by atoms with E-state index in [9.17, 15) is 14.4 Å². The molecule has 0 bridgehead atoms. The van der Waals surface area contributed by atoms with Crippen LogP contribution in [0.15, 0.2) is 24.3 Å². The van der Waals surface area contributed by atoms with E-state index in [2.05, 4.69) is 5.32 Å². The lowest BCUT2D eigenvalue weighted by Crippen LogP contribution is -2.46. The van der Waals surface area contributed by atoms with E-state index in [4.69, 9.17) is 9.84 Å². The number of ether oxygens (including phenoxy) is 1. The van der Waals surface area contributed by atoms with Crippen molar-refractivity contribution in [1.82, 2.24) is 5.32 Å². The first-order valence-electron chi connectivity index (χ1n) is 7.66. The molecule has 1 amide bonds. The fourth-order valence-electron chi connectivity index (χ4n) is 2.00. The summed E-state index contributed by atoms with van der Waals surface area (Å²) in [5.74, 6) is -1.27. The normalized spacial score (nSPS) is 13.0. The molecule has 0 aliphatic rings. The molecule has 1 rings (SSSR count). The van der Waals surface area contributed by atoms with Crippen LogP contribution in [0.4, 0.5) is 0 Å². The molecule has 1 unspecified atom stereocenters. The number of rotatable bonds is 9. The molecule has 0 aliphatic heterocycles. The van der Waals surface area contributed by atoms with E-state index >= 15 is 0 Å². The van der Waals surface area contributed by atoms with E-state index in [1.54, 1.807) is 24.3 Å². The van der Waals surface area contributed by atoms with E-state index in [1.807, 2.05) is 6.92 Å². The van der Waals surface area contributed by atoms with Crippen LogP contribution in [-0.4, -0.2) is 34.9 Å². The van der Waals surface area contributed by atoms with Crippen molar-refractivity contribution in [3.05, 3.63) is 29.8 Å². The highest BCUT2D eigenvalue weighted by Crippen LogP contribution is 2.15. The number of aliphatic carboxylic acids is 1. The summed E-state index contributed by atoms with van der Waals surface area (Å²) in [5.41, 5.74) is 0.487. The third kappa shape index (κ3) is 6.10. The van der Waals surface area contributed by atoms with Gasteiger partial charge in [0, 0.05) is 5.56 Å². The number of hydrogen-bond donors (Lipinski definition) is 2. The monoisotopic (exact) mass is 321 g/mol. The largest absolute Gasteiger partial charge is 0.481 e. The van der Waals surface area contributed by atoms with Crippen molar-refractivity contribution in [3.63, 3.8) is 0 Å². The molecule has 0 saturated heterocycles. The lowest BCUT2D eigenvalue weighted by atomic mass is 10.1. The van der Waals surface area contributed by atoms with Gasteiger partial charge in [-0.1, -0.05) is 31.9 Å². The summed E-state index contributed by atoms with van der Waals surface area (Å²) in [6.07, 6.45) is 1.08. The molecule has 0 aliphatic carbocycles. The lowest BCUT2D eigenvalue weighted by molar-refractivity contribution is -0.143. The van der Waals surface area contributed by atoms with Crippen LogP contribution in [0.5, 0.6) is 5.75 Å². The summed E-state index contributed by atoms with van der Waals surface area (Å²) >= 11 is 0. The fourth-order valence-corrected chi connectivity index (χ4v) is 2.00. The zero-order valence-electron chi connectivity index (χ0n) is 13.7. The quantitative estimate of drug-likeness (QED) is 0.681. The summed E-state index contributed by atoms with van der Waals surface area (Å²) in [6, 6.07) is 5.60. The molecule has 0 heterocycles. The van der Waals surface area contributed by atoms with Crippen LogP contribution in [0.1, 0.15) is 50.4 Å². The van der Waals surface area contributed by atoms with Crippen LogP contribution in [0.3, 0.4) is 0 Å². The second-order valence-electron chi connectivity index (χ2n) is 5.39. The molecule has 0 aromatic heterocycles. The molecule has 6 heteroatoms. The van der Waals surface area contributed by atoms with Crippen LogP contribution >= 0.6 is 0 Å². The van der Waals surface area contributed by atoms with Gasteiger partial charge in [0.15, 0.2) is 11.9 Å². The number of Topliss-reactive ketones (excluding diaryl/α,β-unsaturated/α-hetero) is 1. The van der Waals surface area contributed by atoms with Crippen LogP contribution in [0, 0.1) is 0 Å². The van der Waals surface area contributed by atoms with Crippen molar-refractivity contribution in [2.24, 2.45) is 0 Å². The highest BCUT2D eigenvalue weighted by Gasteiger charge is 2.23. The Hall–Kier alpha value is -2.37. The second kappa shape index (κ2) is 8.92. The van der Waals surface area contributed by atoms with Crippen LogP contribution in [-0.2, 0) is 9.59 Å². The molecule has 2 N–H and O–H groups in total. The van der Waals surface area contributed by atoms with Gasteiger partial charge in [0.2, 0.25) is 0 Å². The number of nitrogens with one attached hydrogen (secondary N) is 1. The maximum absolute atomic E-state index is 12.1. The van der Waals surface area contributed by atoms with Crippen molar-refractivity contribution < 1.29 is 24.2 Å².